The molecule has 0 unspecified atom stereocenters. The van der Waals surface area contributed by atoms with Crippen LogP contribution in [0, 0.1) is 11.3 Å². The van der Waals surface area contributed by atoms with Crippen LogP contribution in [0.2, 0.25) is 0 Å². The monoisotopic (exact) mass is 336 g/mol. The second kappa shape index (κ2) is 6.24. The summed E-state index contributed by atoms with van der Waals surface area (Å²) in [5.74, 6) is 0.403. The van der Waals surface area contributed by atoms with E-state index in [0.717, 1.165) is 12.0 Å². The molecule has 0 bridgehead atoms. The van der Waals surface area contributed by atoms with Gasteiger partial charge in [0.2, 0.25) is 15.9 Å². The van der Waals surface area contributed by atoms with E-state index in [1.807, 2.05) is 0 Å². The van der Waals surface area contributed by atoms with Gasteiger partial charge in [0.25, 0.3) is 0 Å². The zero-order valence-corrected chi connectivity index (χ0v) is 14.1. The van der Waals surface area contributed by atoms with Crippen molar-refractivity contribution < 1.29 is 13.2 Å². The first-order chi connectivity index (χ1) is 10.9. The third-order valence-electron chi connectivity index (χ3n) is 5.32. The molecule has 2 aliphatic carbocycles. The highest BCUT2D eigenvalue weighted by Gasteiger charge is 2.57. The van der Waals surface area contributed by atoms with Gasteiger partial charge in [-0.1, -0.05) is 31.4 Å². The van der Waals surface area contributed by atoms with Crippen molar-refractivity contribution >= 4 is 15.9 Å². The third kappa shape index (κ3) is 3.75. The van der Waals surface area contributed by atoms with Crippen LogP contribution in [0.25, 0.3) is 0 Å². The maximum absolute atomic E-state index is 12.2. The molecule has 0 saturated heterocycles. The molecule has 1 aromatic carbocycles. The van der Waals surface area contributed by atoms with Gasteiger partial charge in [0, 0.05) is 12.5 Å². The van der Waals surface area contributed by atoms with Gasteiger partial charge >= 0.3 is 0 Å². The van der Waals surface area contributed by atoms with Gasteiger partial charge in [0.1, 0.15) is 0 Å². The van der Waals surface area contributed by atoms with Crippen molar-refractivity contribution in [2.75, 3.05) is 6.54 Å². The minimum atomic E-state index is -3.64. The highest BCUT2D eigenvalue weighted by Crippen LogP contribution is 2.61. The van der Waals surface area contributed by atoms with E-state index in [1.165, 1.54) is 44.2 Å². The van der Waals surface area contributed by atoms with Gasteiger partial charge in [-0.05, 0) is 48.8 Å². The van der Waals surface area contributed by atoms with Crippen molar-refractivity contribution in [3.05, 3.63) is 29.8 Å². The SMILES string of the molecule is NS(=O)(=O)c1ccc(CCNC(=O)[C@@H]2CC23CCCCC3)cc1. The Morgan fingerprint density at radius 2 is 1.83 bits per heavy atom. The van der Waals surface area contributed by atoms with Crippen LogP contribution in [-0.4, -0.2) is 20.9 Å². The van der Waals surface area contributed by atoms with Crippen molar-refractivity contribution in [3.63, 3.8) is 0 Å². The lowest BCUT2D eigenvalue weighted by Gasteiger charge is -2.22. The first-order valence-electron chi connectivity index (χ1n) is 8.30. The Labute approximate surface area is 137 Å². The molecule has 5 nitrogen and oxygen atoms in total. The number of hydrogen-bond acceptors (Lipinski definition) is 3. The van der Waals surface area contributed by atoms with E-state index in [0.29, 0.717) is 18.4 Å². The Morgan fingerprint density at radius 3 is 2.43 bits per heavy atom. The summed E-state index contributed by atoms with van der Waals surface area (Å²) in [4.78, 5) is 12.4. The van der Waals surface area contributed by atoms with Crippen LogP contribution in [0.1, 0.15) is 44.1 Å². The van der Waals surface area contributed by atoms with Crippen LogP contribution in [0.4, 0.5) is 0 Å². The molecular weight excluding hydrogens is 312 g/mol. The third-order valence-corrected chi connectivity index (χ3v) is 6.25. The minimum Gasteiger partial charge on any atom is -0.356 e. The summed E-state index contributed by atoms with van der Waals surface area (Å²) in [5.41, 5.74) is 1.31. The van der Waals surface area contributed by atoms with E-state index in [9.17, 15) is 13.2 Å². The number of carbonyl (C=O) groups is 1. The zero-order chi connectivity index (χ0) is 16.5. The lowest BCUT2D eigenvalue weighted by molar-refractivity contribution is -0.123. The van der Waals surface area contributed by atoms with Crippen LogP contribution in [0.15, 0.2) is 29.2 Å². The first-order valence-corrected chi connectivity index (χ1v) is 9.85. The summed E-state index contributed by atoms with van der Waals surface area (Å²) in [7, 11) is -3.64. The fraction of sp³-hybridized carbons (Fsp3) is 0.588. The smallest absolute Gasteiger partial charge is 0.238 e. The molecule has 2 saturated carbocycles. The van der Waals surface area contributed by atoms with Gasteiger partial charge in [0.15, 0.2) is 0 Å². The lowest BCUT2D eigenvalue weighted by Crippen LogP contribution is -2.29. The number of rotatable bonds is 5. The van der Waals surface area contributed by atoms with Gasteiger partial charge in [-0.25, -0.2) is 13.6 Å². The van der Waals surface area contributed by atoms with E-state index >= 15 is 0 Å². The van der Waals surface area contributed by atoms with E-state index < -0.39 is 10.0 Å². The molecule has 0 aromatic heterocycles. The van der Waals surface area contributed by atoms with Crippen molar-refractivity contribution in [2.45, 2.75) is 49.8 Å². The minimum absolute atomic E-state index is 0.113. The predicted octanol–water partition coefficient (Wildman–Crippen LogP) is 1.96. The molecule has 1 aromatic rings. The number of nitrogens with one attached hydrogen (secondary N) is 1. The van der Waals surface area contributed by atoms with E-state index in [4.69, 9.17) is 5.14 Å². The molecular formula is C17H24N2O3S. The van der Waals surface area contributed by atoms with Crippen molar-refractivity contribution in [1.29, 1.82) is 0 Å². The molecule has 0 heterocycles. The summed E-state index contributed by atoms with van der Waals surface area (Å²) in [6, 6.07) is 6.49. The molecule has 126 valence electrons. The Bertz CT molecular complexity index is 676. The summed E-state index contributed by atoms with van der Waals surface area (Å²) in [5, 5.41) is 8.10. The quantitative estimate of drug-likeness (QED) is 0.861. The number of primary sulfonamides is 1. The molecule has 23 heavy (non-hydrogen) atoms. The number of benzene rings is 1. The number of nitrogens with two attached hydrogens (primary N) is 1. The van der Waals surface area contributed by atoms with Gasteiger partial charge in [0.05, 0.1) is 4.90 Å². The van der Waals surface area contributed by atoms with E-state index in [-0.39, 0.29) is 16.7 Å². The average molecular weight is 336 g/mol. The van der Waals surface area contributed by atoms with Crippen molar-refractivity contribution in [3.8, 4) is 0 Å². The number of sulfonamides is 1. The highest BCUT2D eigenvalue weighted by molar-refractivity contribution is 7.89. The molecule has 2 aliphatic rings. The van der Waals surface area contributed by atoms with Crippen LogP contribution < -0.4 is 10.5 Å². The molecule has 0 radical (unpaired) electrons. The van der Waals surface area contributed by atoms with Crippen LogP contribution in [0.3, 0.4) is 0 Å². The normalized spacial score (nSPS) is 22.7. The lowest BCUT2D eigenvalue weighted by atomic mass is 9.84. The Balaban J connectivity index is 1.46. The van der Waals surface area contributed by atoms with Gasteiger partial charge in [-0.15, -0.1) is 0 Å². The predicted molar refractivity (Wildman–Crippen MR) is 88.2 cm³/mol. The largest absolute Gasteiger partial charge is 0.356 e. The Morgan fingerprint density at radius 1 is 1.17 bits per heavy atom. The van der Waals surface area contributed by atoms with E-state index in [1.54, 1.807) is 12.1 Å². The fourth-order valence-electron chi connectivity index (χ4n) is 3.83. The van der Waals surface area contributed by atoms with Crippen LogP contribution in [-0.2, 0) is 21.2 Å². The maximum Gasteiger partial charge on any atom is 0.238 e. The van der Waals surface area contributed by atoms with Gasteiger partial charge in [-0.2, -0.15) is 0 Å². The van der Waals surface area contributed by atoms with Crippen molar-refractivity contribution in [1.82, 2.24) is 5.32 Å². The van der Waals surface area contributed by atoms with Crippen LogP contribution >= 0.6 is 0 Å². The van der Waals surface area contributed by atoms with Crippen molar-refractivity contribution in [2.24, 2.45) is 16.5 Å². The second-order valence-corrected chi connectivity index (χ2v) is 8.47. The molecule has 6 heteroatoms. The summed E-state index contributed by atoms with van der Waals surface area (Å²) < 4.78 is 22.4. The van der Waals surface area contributed by atoms with Gasteiger partial charge < -0.3 is 5.32 Å². The summed E-state index contributed by atoms with van der Waals surface area (Å²) in [6.45, 7) is 0.583. The Kier molecular flexibility index (Phi) is 4.47. The molecule has 1 spiro atoms. The standard InChI is InChI=1S/C17H24N2O3S/c18-23(21,22)14-6-4-13(5-7-14)8-11-19-16(20)15-12-17(15)9-2-1-3-10-17/h4-7,15H,1-3,8-12H2,(H,19,20)(H2,18,21,22)/t15-/m0/s1. The summed E-state index contributed by atoms with van der Waals surface area (Å²) in [6.07, 6.45) is 8.00. The number of hydrogen-bond donors (Lipinski definition) is 2. The number of carbonyl (C=O) groups excluding carboxylic acids is 1. The molecule has 1 atom stereocenters. The molecule has 2 fully saturated rings. The maximum atomic E-state index is 12.2. The average Bonchev–Trinajstić information content (AvgIpc) is 3.21. The molecule has 0 aliphatic heterocycles. The molecule has 3 N–H and O–H groups in total. The molecule has 1 amide bonds. The summed E-state index contributed by atoms with van der Waals surface area (Å²) >= 11 is 0. The van der Waals surface area contributed by atoms with Gasteiger partial charge in [-0.3, -0.25) is 4.79 Å². The zero-order valence-electron chi connectivity index (χ0n) is 13.3. The fourth-order valence-corrected chi connectivity index (χ4v) is 4.34. The van der Waals surface area contributed by atoms with E-state index in [2.05, 4.69) is 5.32 Å². The Hall–Kier alpha value is -1.40. The molecule has 3 rings (SSSR count). The number of amides is 1. The second-order valence-electron chi connectivity index (χ2n) is 6.91. The first kappa shape index (κ1) is 16.5. The topological polar surface area (TPSA) is 89.3 Å². The highest BCUT2D eigenvalue weighted by atomic mass is 32.2. The van der Waals surface area contributed by atoms with Crippen LogP contribution in [0.5, 0.6) is 0 Å².